The van der Waals surface area contributed by atoms with Gasteiger partial charge in [0.15, 0.2) is 5.71 Å². The maximum Gasteiger partial charge on any atom is 0.209 e. The van der Waals surface area contributed by atoms with Crippen molar-refractivity contribution in [2.45, 2.75) is 46.0 Å². The number of hydrogen-bond donors (Lipinski definition) is 1. The first kappa shape index (κ1) is 23.2. The summed E-state index contributed by atoms with van der Waals surface area (Å²) in [5, 5.41) is 4.11. The zero-order valence-corrected chi connectivity index (χ0v) is 20.3. The Morgan fingerprint density at radius 1 is 1.03 bits per heavy atom. The van der Waals surface area contributed by atoms with Crippen LogP contribution in [0.1, 0.15) is 51.7 Å². The maximum absolute atomic E-state index is 6.39. The quantitative estimate of drug-likeness (QED) is 0.440. The van der Waals surface area contributed by atoms with E-state index in [0.717, 1.165) is 53.7 Å². The average molecular weight is 442 g/mol. The molecular formula is C26H34ClN2O2+. The molecular weight excluding hydrogens is 408 g/mol. The minimum Gasteiger partial charge on any atom is -0.496 e. The molecule has 1 aliphatic heterocycles. The number of anilines is 1. The Labute approximate surface area is 191 Å². The molecule has 0 spiro atoms. The number of halogens is 1. The van der Waals surface area contributed by atoms with Crippen LogP contribution in [-0.4, -0.2) is 37.6 Å². The average Bonchev–Trinajstić information content (AvgIpc) is 3.00. The number of nitrogens with one attached hydrogen (secondary N) is 1. The normalized spacial score (nSPS) is 17.9. The van der Waals surface area contributed by atoms with Crippen LogP contribution in [0.4, 0.5) is 11.4 Å². The van der Waals surface area contributed by atoms with Crippen LogP contribution in [0.5, 0.6) is 11.5 Å². The molecule has 0 bridgehead atoms. The Bertz CT molecular complexity index is 987. The van der Waals surface area contributed by atoms with Gasteiger partial charge in [-0.25, -0.2) is 0 Å². The summed E-state index contributed by atoms with van der Waals surface area (Å²) in [5.41, 5.74) is 5.61. The van der Waals surface area contributed by atoms with Crippen molar-refractivity contribution in [2.75, 3.05) is 32.6 Å². The van der Waals surface area contributed by atoms with Crippen LogP contribution in [-0.2, 0) is 5.41 Å². The number of methoxy groups -OCH3 is 2. The van der Waals surface area contributed by atoms with Crippen LogP contribution < -0.4 is 14.8 Å². The van der Waals surface area contributed by atoms with E-state index in [9.17, 15) is 0 Å². The van der Waals surface area contributed by atoms with E-state index in [1.807, 2.05) is 18.2 Å². The van der Waals surface area contributed by atoms with E-state index in [-0.39, 0.29) is 5.41 Å². The van der Waals surface area contributed by atoms with Gasteiger partial charge < -0.3 is 14.8 Å². The van der Waals surface area contributed by atoms with Gasteiger partial charge in [-0.05, 0) is 38.5 Å². The zero-order valence-electron chi connectivity index (χ0n) is 19.5. The first-order valence-electron chi connectivity index (χ1n) is 11.1. The minimum atomic E-state index is -0.115. The molecule has 0 saturated heterocycles. The van der Waals surface area contributed by atoms with Gasteiger partial charge in [0, 0.05) is 53.5 Å². The molecule has 2 aromatic rings. The number of hydrogen-bond acceptors (Lipinski definition) is 3. The molecule has 1 N–H and O–H groups in total. The van der Waals surface area contributed by atoms with Crippen LogP contribution >= 0.6 is 11.6 Å². The van der Waals surface area contributed by atoms with Gasteiger partial charge in [-0.2, -0.15) is 4.58 Å². The number of benzene rings is 2. The van der Waals surface area contributed by atoms with Crippen LogP contribution in [0.25, 0.3) is 6.08 Å². The second-order valence-electron chi connectivity index (χ2n) is 8.04. The van der Waals surface area contributed by atoms with Crippen molar-refractivity contribution in [1.29, 1.82) is 0 Å². The molecule has 0 aromatic heterocycles. The van der Waals surface area contributed by atoms with Crippen molar-refractivity contribution < 1.29 is 14.0 Å². The van der Waals surface area contributed by atoms with Crippen LogP contribution in [0.15, 0.2) is 36.4 Å². The van der Waals surface area contributed by atoms with E-state index in [2.05, 4.69) is 61.9 Å². The van der Waals surface area contributed by atoms with Gasteiger partial charge in [0.25, 0.3) is 0 Å². The Morgan fingerprint density at radius 3 is 2.26 bits per heavy atom. The summed E-state index contributed by atoms with van der Waals surface area (Å²) in [7, 11) is 3.39. The molecule has 0 saturated carbocycles. The molecule has 1 aliphatic rings. The molecule has 166 valence electrons. The highest BCUT2D eigenvalue weighted by Gasteiger charge is 2.46. The summed E-state index contributed by atoms with van der Waals surface area (Å²) < 4.78 is 13.8. The van der Waals surface area contributed by atoms with E-state index in [1.165, 1.54) is 17.0 Å². The Balaban J connectivity index is 2.15. The van der Waals surface area contributed by atoms with E-state index in [0.29, 0.717) is 0 Å². The number of rotatable bonds is 9. The number of fused-ring (bicyclic) bond motifs is 1. The summed E-state index contributed by atoms with van der Waals surface area (Å²) in [6, 6.07) is 10.3. The van der Waals surface area contributed by atoms with Gasteiger partial charge in [0.05, 0.1) is 25.2 Å². The fourth-order valence-electron chi connectivity index (χ4n) is 4.43. The van der Waals surface area contributed by atoms with Crippen molar-refractivity contribution in [1.82, 2.24) is 0 Å². The smallest absolute Gasteiger partial charge is 0.209 e. The van der Waals surface area contributed by atoms with Crippen molar-refractivity contribution in [3.63, 3.8) is 0 Å². The first-order chi connectivity index (χ1) is 14.9. The molecule has 0 fully saturated rings. The molecule has 0 radical (unpaired) electrons. The lowest BCUT2D eigenvalue weighted by Gasteiger charge is -2.20. The fraction of sp³-hybridized carbons (Fsp3) is 0.423. The molecule has 2 aromatic carbocycles. The largest absolute Gasteiger partial charge is 0.496 e. The zero-order chi connectivity index (χ0) is 22.6. The standard InChI is InChI=1S/C26H33ClN2O2/c1-7-14-29-22-12-10-18(27)15-21(22)26(4,8-2)25(29)13-11-20-23(30-5)16-19(28-9-3)17-24(20)31-6/h10-13,15-17H,7-9,14H2,1-6H3/p+1. The lowest BCUT2D eigenvalue weighted by molar-refractivity contribution is -0.437. The lowest BCUT2D eigenvalue weighted by atomic mass is 9.77. The molecule has 1 heterocycles. The molecule has 5 heteroatoms. The molecule has 1 atom stereocenters. The van der Waals surface area contributed by atoms with Gasteiger partial charge in [0.2, 0.25) is 5.69 Å². The lowest BCUT2D eigenvalue weighted by Crippen LogP contribution is -2.30. The van der Waals surface area contributed by atoms with Crippen LogP contribution in [0.3, 0.4) is 0 Å². The number of nitrogens with zero attached hydrogens (tertiary/aromatic N) is 1. The molecule has 4 nitrogen and oxygen atoms in total. The summed E-state index contributed by atoms with van der Waals surface area (Å²) in [6.07, 6.45) is 6.38. The highest BCUT2D eigenvalue weighted by atomic mass is 35.5. The minimum absolute atomic E-state index is 0.115. The third kappa shape index (κ3) is 4.31. The second kappa shape index (κ2) is 9.78. The van der Waals surface area contributed by atoms with Crippen molar-refractivity contribution >= 4 is 34.8 Å². The van der Waals surface area contributed by atoms with Gasteiger partial charge in [-0.1, -0.05) is 25.4 Å². The van der Waals surface area contributed by atoms with E-state index in [1.54, 1.807) is 14.2 Å². The Kier molecular flexibility index (Phi) is 7.32. The molecule has 3 rings (SSSR count). The predicted octanol–water partition coefficient (Wildman–Crippen LogP) is 6.68. The van der Waals surface area contributed by atoms with Crippen molar-refractivity contribution in [3.8, 4) is 11.5 Å². The SMILES string of the molecule is CCC[N+]1=C(/C=C/c2c(OC)cc(NCC)cc2OC)C(C)(CC)c2cc(Cl)ccc21. The number of ether oxygens (including phenoxy) is 2. The second-order valence-corrected chi connectivity index (χ2v) is 8.48. The summed E-state index contributed by atoms with van der Waals surface area (Å²) in [6.45, 7) is 10.6. The maximum atomic E-state index is 6.39. The topological polar surface area (TPSA) is 33.5 Å². The van der Waals surface area contributed by atoms with Gasteiger partial charge in [0.1, 0.15) is 18.0 Å². The highest BCUT2D eigenvalue weighted by Crippen LogP contribution is 2.44. The molecule has 0 amide bonds. The third-order valence-electron chi connectivity index (χ3n) is 6.19. The monoisotopic (exact) mass is 441 g/mol. The van der Waals surface area contributed by atoms with Crippen LogP contribution in [0, 0.1) is 0 Å². The summed E-state index contributed by atoms with van der Waals surface area (Å²) in [5.74, 6) is 1.57. The van der Waals surface area contributed by atoms with E-state index >= 15 is 0 Å². The summed E-state index contributed by atoms with van der Waals surface area (Å²) >= 11 is 6.39. The van der Waals surface area contributed by atoms with Crippen LogP contribution in [0.2, 0.25) is 5.02 Å². The number of allylic oxidation sites excluding steroid dienone is 1. The fourth-order valence-corrected chi connectivity index (χ4v) is 4.60. The van der Waals surface area contributed by atoms with Crippen molar-refractivity contribution in [3.05, 3.63) is 52.6 Å². The molecule has 31 heavy (non-hydrogen) atoms. The van der Waals surface area contributed by atoms with E-state index in [4.69, 9.17) is 21.1 Å². The van der Waals surface area contributed by atoms with Gasteiger partial charge in [-0.15, -0.1) is 0 Å². The van der Waals surface area contributed by atoms with Crippen molar-refractivity contribution in [2.24, 2.45) is 0 Å². The molecule has 1 unspecified atom stereocenters. The predicted molar refractivity (Wildman–Crippen MR) is 132 cm³/mol. The Morgan fingerprint density at radius 2 is 1.71 bits per heavy atom. The first-order valence-corrected chi connectivity index (χ1v) is 11.4. The van der Waals surface area contributed by atoms with Gasteiger partial charge in [-0.3, -0.25) is 0 Å². The highest BCUT2D eigenvalue weighted by molar-refractivity contribution is 6.30. The Hall–Kier alpha value is -2.46. The third-order valence-corrected chi connectivity index (χ3v) is 6.42. The summed E-state index contributed by atoms with van der Waals surface area (Å²) in [4.78, 5) is 0. The molecule has 0 aliphatic carbocycles. The van der Waals surface area contributed by atoms with Gasteiger partial charge >= 0.3 is 0 Å². The van der Waals surface area contributed by atoms with E-state index < -0.39 is 0 Å².